The highest BCUT2D eigenvalue weighted by Gasteiger charge is 2.64. The number of hydrogen-bond acceptors (Lipinski definition) is 9. The van der Waals surface area contributed by atoms with E-state index in [2.05, 4.69) is 20.3 Å². The van der Waals surface area contributed by atoms with Crippen LogP contribution in [0.2, 0.25) is 5.02 Å². The van der Waals surface area contributed by atoms with Crippen molar-refractivity contribution in [3.63, 3.8) is 0 Å². The maximum absolute atomic E-state index is 14.6. The molecule has 4 amide bonds. The van der Waals surface area contributed by atoms with Crippen molar-refractivity contribution in [3.05, 3.63) is 47.1 Å². The van der Waals surface area contributed by atoms with Gasteiger partial charge >= 0.3 is 6.09 Å². The number of aryl methyl sites for hydroxylation is 1. The summed E-state index contributed by atoms with van der Waals surface area (Å²) in [4.78, 5) is 62.0. The van der Waals surface area contributed by atoms with E-state index < -0.39 is 67.7 Å². The molecule has 286 valence electrons. The predicted molar refractivity (Wildman–Crippen MR) is 198 cm³/mol. The summed E-state index contributed by atoms with van der Waals surface area (Å²) in [5.74, 6) is -1.62. The summed E-state index contributed by atoms with van der Waals surface area (Å²) in [6.07, 6.45) is 10.3. The van der Waals surface area contributed by atoms with Crippen molar-refractivity contribution >= 4 is 56.3 Å². The van der Waals surface area contributed by atoms with Gasteiger partial charge in [0.25, 0.3) is 5.91 Å². The monoisotopic (exact) mass is 769 g/mol. The first-order valence-corrected chi connectivity index (χ1v) is 20.6. The van der Waals surface area contributed by atoms with E-state index in [1.54, 1.807) is 19.2 Å². The van der Waals surface area contributed by atoms with E-state index in [-0.39, 0.29) is 31.9 Å². The number of halogens is 1. The first-order valence-electron chi connectivity index (χ1n) is 18.7. The van der Waals surface area contributed by atoms with Gasteiger partial charge < -0.3 is 25.0 Å². The molecule has 2 aliphatic carbocycles. The number of alkyl carbamates (subject to hydrolysis) is 1. The van der Waals surface area contributed by atoms with E-state index in [4.69, 9.17) is 21.1 Å². The van der Waals surface area contributed by atoms with Crippen LogP contribution in [0.5, 0.6) is 5.75 Å². The van der Waals surface area contributed by atoms with Crippen molar-refractivity contribution < 1.29 is 37.1 Å². The average Bonchev–Trinajstić information content (AvgIpc) is 4.00. The van der Waals surface area contributed by atoms with Gasteiger partial charge in [-0.2, -0.15) is 0 Å². The number of ether oxygens (including phenoxy) is 2. The van der Waals surface area contributed by atoms with E-state index in [1.807, 2.05) is 38.1 Å². The van der Waals surface area contributed by atoms with Crippen LogP contribution < -0.4 is 20.1 Å². The molecular weight excluding hydrogens is 722 g/mol. The summed E-state index contributed by atoms with van der Waals surface area (Å²) in [5, 5.41) is 7.13. The van der Waals surface area contributed by atoms with Crippen LogP contribution in [0, 0.1) is 11.8 Å². The molecule has 1 aromatic carbocycles. The highest BCUT2D eigenvalue weighted by Crippen LogP contribution is 2.48. The number of carbonyl (C=O) groups excluding carboxylic acids is 4. The number of amides is 4. The first-order chi connectivity index (χ1) is 25.1. The number of aromatic nitrogens is 1. The van der Waals surface area contributed by atoms with Crippen LogP contribution in [0.1, 0.15) is 90.5 Å². The minimum atomic E-state index is -3.98. The van der Waals surface area contributed by atoms with Gasteiger partial charge in [0.05, 0.1) is 29.6 Å². The lowest BCUT2D eigenvalue weighted by atomic mass is 9.87. The molecule has 53 heavy (non-hydrogen) atoms. The zero-order valence-electron chi connectivity index (χ0n) is 30.4. The summed E-state index contributed by atoms with van der Waals surface area (Å²) in [7, 11) is -3.98. The summed E-state index contributed by atoms with van der Waals surface area (Å²) >= 11 is 6.34. The van der Waals surface area contributed by atoms with Gasteiger partial charge in [0, 0.05) is 28.3 Å². The van der Waals surface area contributed by atoms with Gasteiger partial charge in [-0.15, -0.1) is 0 Å². The quantitative estimate of drug-likeness (QED) is 0.352. The molecule has 1 aromatic heterocycles. The minimum absolute atomic E-state index is 0.0471. The molecule has 5 aliphatic rings. The molecule has 3 aliphatic heterocycles. The molecule has 3 fully saturated rings. The molecule has 0 radical (unpaired) electrons. The maximum atomic E-state index is 14.6. The summed E-state index contributed by atoms with van der Waals surface area (Å²) in [6.45, 7) is 5.65. The second-order valence-corrected chi connectivity index (χ2v) is 18.8. The Morgan fingerprint density at radius 1 is 1.15 bits per heavy atom. The van der Waals surface area contributed by atoms with Crippen LogP contribution in [-0.4, -0.2) is 83.2 Å². The molecule has 5 unspecified atom stereocenters. The Hall–Kier alpha value is -3.91. The molecule has 1 spiro atoms. The highest BCUT2D eigenvalue weighted by atomic mass is 35.5. The van der Waals surface area contributed by atoms with Crippen LogP contribution in [0.15, 0.2) is 36.5 Å². The van der Waals surface area contributed by atoms with Gasteiger partial charge in [-0.05, 0) is 82.4 Å². The third-order valence-electron chi connectivity index (χ3n) is 11.5. The van der Waals surface area contributed by atoms with Crippen LogP contribution in [0.3, 0.4) is 0 Å². The Labute approximate surface area is 315 Å². The Kier molecular flexibility index (Phi) is 9.92. The molecule has 1 saturated heterocycles. The van der Waals surface area contributed by atoms with Crippen LogP contribution >= 0.6 is 11.6 Å². The average molecular weight is 770 g/mol. The van der Waals surface area contributed by atoms with Crippen molar-refractivity contribution in [2.75, 3.05) is 13.2 Å². The SMILES string of the molecule is CC(C)COC(=O)NC1CCCCCC=CC2CC2(C(=O)NS(=O)(=O)C2(C)CC2)NC(=O)C2CC3(CCc4c(cnc5ccc(Cl)cc45)O3)CN2C1=O. The van der Waals surface area contributed by atoms with Crippen LogP contribution in [-0.2, 0) is 35.6 Å². The number of rotatable bonds is 6. The molecule has 2 saturated carbocycles. The van der Waals surface area contributed by atoms with Crippen molar-refractivity contribution in [1.82, 2.24) is 25.2 Å². The van der Waals surface area contributed by atoms with Crippen LogP contribution in [0.25, 0.3) is 10.9 Å². The number of fused-ring (bicyclic) bond motifs is 5. The largest absolute Gasteiger partial charge is 0.483 e. The van der Waals surface area contributed by atoms with Crippen molar-refractivity contribution in [1.29, 1.82) is 0 Å². The zero-order chi connectivity index (χ0) is 37.8. The molecule has 13 nitrogen and oxygen atoms in total. The lowest BCUT2D eigenvalue weighted by molar-refractivity contribution is -0.141. The van der Waals surface area contributed by atoms with Gasteiger partial charge in [-0.25, -0.2) is 13.2 Å². The standard InChI is InChI=1S/C38H48ClN5O8S/c1-23(2)21-51-35(48)41-29-10-8-6-4-5-7-9-24-18-38(24,34(47)43-53(49,50)36(3)15-16-36)42-32(45)30-19-37(22-44(30)33(29)46)14-13-26-27-17-25(39)11-12-28(27)40-20-31(26)52-37/h7,9,11-12,17,20,23-24,29-30H,4-6,8,10,13-16,18-19,21-22H2,1-3H3,(H,41,48)(H,42,45)(H,43,47). The van der Waals surface area contributed by atoms with Crippen molar-refractivity contribution in [2.45, 2.75) is 119 Å². The number of pyridine rings is 1. The molecule has 4 heterocycles. The number of sulfonamides is 1. The molecule has 7 rings (SSSR count). The molecular formula is C38H48ClN5O8S. The lowest BCUT2D eigenvalue weighted by Gasteiger charge is -2.36. The smallest absolute Gasteiger partial charge is 0.407 e. The summed E-state index contributed by atoms with van der Waals surface area (Å²) in [6, 6.07) is 3.42. The second-order valence-electron chi connectivity index (χ2n) is 16.1. The van der Waals surface area contributed by atoms with E-state index in [1.165, 1.54) is 4.90 Å². The Morgan fingerprint density at radius 2 is 1.94 bits per heavy atom. The van der Waals surface area contributed by atoms with Gasteiger partial charge in [0.15, 0.2) is 0 Å². The van der Waals surface area contributed by atoms with Crippen molar-refractivity contribution in [2.24, 2.45) is 11.8 Å². The van der Waals surface area contributed by atoms with E-state index in [0.717, 1.165) is 29.3 Å². The zero-order valence-corrected chi connectivity index (χ0v) is 32.0. The fraction of sp³-hybridized carbons (Fsp3) is 0.605. The third kappa shape index (κ3) is 7.45. The molecule has 2 aromatic rings. The molecule has 0 bridgehead atoms. The number of hydrogen-bond donors (Lipinski definition) is 3. The molecule has 5 atom stereocenters. The lowest BCUT2D eigenvalue weighted by Crippen LogP contribution is -2.58. The number of nitrogens with one attached hydrogen (secondary N) is 3. The van der Waals surface area contributed by atoms with Gasteiger partial charge in [0.1, 0.15) is 29.0 Å². The number of allylic oxidation sites excluding steroid dienone is 1. The normalized spacial score (nSPS) is 29.5. The molecule has 15 heteroatoms. The Bertz CT molecular complexity index is 1970. The second kappa shape index (κ2) is 14.1. The van der Waals surface area contributed by atoms with Gasteiger partial charge in [0.2, 0.25) is 21.8 Å². The van der Waals surface area contributed by atoms with Gasteiger partial charge in [-0.3, -0.25) is 24.1 Å². The Morgan fingerprint density at radius 3 is 2.70 bits per heavy atom. The van der Waals surface area contributed by atoms with Crippen molar-refractivity contribution in [3.8, 4) is 5.75 Å². The fourth-order valence-electron chi connectivity index (χ4n) is 7.85. The number of carbonyl (C=O) groups is 4. The van der Waals surface area contributed by atoms with Gasteiger partial charge in [-0.1, -0.05) is 50.4 Å². The fourth-order valence-corrected chi connectivity index (χ4v) is 9.33. The van der Waals surface area contributed by atoms with E-state index >= 15 is 0 Å². The number of nitrogens with zero attached hydrogens (tertiary/aromatic N) is 2. The summed E-state index contributed by atoms with van der Waals surface area (Å²) in [5.41, 5.74) is -0.773. The predicted octanol–water partition coefficient (Wildman–Crippen LogP) is 4.70. The maximum Gasteiger partial charge on any atom is 0.407 e. The first kappa shape index (κ1) is 37.4. The highest BCUT2D eigenvalue weighted by molar-refractivity contribution is 7.91. The molecule has 3 N–H and O–H groups in total. The topological polar surface area (TPSA) is 173 Å². The summed E-state index contributed by atoms with van der Waals surface area (Å²) < 4.78 is 39.7. The van der Waals surface area contributed by atoms with Crippen LogP contribution in [0.4, 0.5) is 4.79 Å². The number of benzene rings is 1. The van der Waals surface area contributed by atoms with E-state index in [0.29, 0.717) is 55.7 Å². The third-order valence-corrected chi connectivity index (χ3v) is 13.9. The Balaban J connectivity index is 1.21. The van der Waals surface area contributed by atoms with E-state index in [9.17, 15) is 27.6 Å². The minimum Gasteiger partial charge on any atom is -0.483 e.